The van der Waals surface area contributed by atoms with E-state index in [4.69, 9.17) is 0 Å². The van der Waals surface area contributed by atoms with Crippen molar-refractivity contribution >= 4 is 17.2 Å². The molecule has 1 amide bonds. The van der Waals surface area contributed by atoms with Gasteiger partial charge in [0, 0.05) is 17.3 Å². The van der Waals surface area contributed by atoms with E-state index in [2.05, 4.69) is 28.9 Å². The fourth-order valence-corrected chi connectivity index (χ4v) is 2.65. The van der Waals surface area contributed by atoms with E-state index in [0.717, 1.165) is 32.2 Å². The zero-order valence-corrected chi connectivity index (χ0v) is 10.1. The third-order valence-corrected chi connectivity index (χ3v) is 3.83. The van der Waals surface area contributed by atoms with Crippen LogP contribution >= 0.6 is 11.3 Å². The molecule has 1 N–H and O–H groups in total. The van der Waals surface area contributed by atoms with Gasteiger partial charge >= 0.3 is 0 Å². The number of nitrogens with one attached hydrogen (secondary N) is 1. The highest BCUT2D eigenvalue weighted by Gasteiger charge is 2.17. The summed E-state index contributed by atoms with van der Waals surface area (Å²) < 4.78 is 0. The van der Waals surface area contributed by atoms with Crippen molar-refractivity contribution in [2.45, 2.75) is 25.7 Å². The number of carbonyl (C=O) groups is 1. The Hall–Kier alpha value is -1.09. The molecule has 0 saturated heterocycles. The molecule has 0 unspecified atom stereocenters. The Bertz CT molecular complexity index is 356. The van der Waals surface area contributed by atoms with Gasteiger partial charge < -0.3 is 5.32 Å². The van der Waals surface area contributed by atoms with Crippen LogP contribution in [0.4, 0.5) is 0 Å². The normalized spacial score (nSPS) is 19.6. The average molecular weight is 235 g/mol. The van der Waals surface area contributed by atoms with E-state index in [1.165, 1.54) is 4.88 Å². The highest BCUT2D eigenvalue weighted by atomic mass is 32.1. The number of thiophene rings is 1. The van der Waals surface area contributed by atoms with Crippen molar-refractivity contribution in [2.75, 3.05) is 6.54 Å². The van der Waals surface area contributed by atoms with Gasteiger partial charge in [0.15, 0.2) is 0 Å². The largest absolute Gasteiger partial charge is 0.355 e. The Labute approximate surface area is 100 Å². The summed E-state index contributed by atoms with van der Waals surface area (Å²) in [6, 6.07) is 4.16. The van der Waals surface area contributed by atoms with E-state index in [-0.39, 0.29) is 11.8 Å². The second kappa shape index (κ2) is 5.85. The molecule has 3 heteroatoms. The summed E-state index contributed by atoms with van der Waals surface area (Å²) >= 11 is 1.75. The summed E-state index contributed by atoms with van der Waals surface area (Å²) in [5, 5.41) is 5.10. The predicted octanol–water partition coefficient (Wildman–Crippen LogP) is 2.76. The number of hydrogen-bond acceptors (Lipinski definition) is 2. The highest BCUT2D eigenvalue weighted by Crippen LogP contribution is 2.18. The second-order valence-corrected chi connectivity index (χ2v) is 5.13. The van der Waals surface area contributed by atoms with E-state index in [0.29, 0.717) is 0 Å². The molecule has 86 valence electrons. The van der Waals surface area contributed by atoms with Crippen LogP contribution in [0.25, 0.3) is 0 Å². The third kappa shape index (κ3) is 3.20. The van der Waals surface area contributed by atoms with Crippen molar-refractivity contribution in [1.29, 1.82) is 0 Å². The molecule has 1 heterocycles. The van der Waals surface area contributed by atoms with E-state index < -0.39 is 0 Å². The third-order valence-electron chi connectivity index (χ3n) is 2.89. The summed E-state index contributed by atoms with van der Waals surface area (Å²) in [4.78, 5) is 13.1. The van der Waals surface area contributed by atoms with Gasteiger partial charge in [-0.15, -0.1) is 11.3 Å². The molecule has 0 bridgehead atoms. The second-order valence-electron chi connectivity index (χ2n) is 4.10. The quantitative estimate of drug-likeness (QED) is 0.799. The number of rotatable bonds is 4. The van der Waals surface area contributed by atoms with E-state index in [9.17, 15) is 4.79 Å². The summed E-state index contributed by atoms with van der Waals surface area (Å²) in [5.41, 5.74) is 0. The van der Waals surface area contributed by atoms with Crippen molar-refractivity contribution in [3.8, 4) is 0 Å². The molecular weight excluding hydrogens is 218 g/mol. The Morgan fingerprint density at radius 3 is 3.12 bits per heavy atom. The van der Waals surface area contributed by atoms with Crippen molar-refractivity contribution in [1.82, 2.24) is 5.32 Å². The summed E-state index contributed by atoms with van der Waals surface area (Å²) in [6.07, 6.45) is 8.18. The summed E-state index contributed by atoms with van der Waals surface area (Å²) in [5.74, 6) is 0.425. The Balaban J connectivity index is 1.69. The zero-order valence-electron chi connectivity index (χ0n) is 9.32. The minimum Gasteiger partial charge on any atom is -0.355 e. The lowest BCUT2D eigenvalue weighted by Crippen LogP contribution is -2.32. The minimum atomic E-state index is 0.202. The molecule has 0 fully saturated rings. The summed E-state index contributed by atoms with van der Waals surface area (Å²) in [6.45, 7) is 0.763. The van der Waals surface area contributed by atoms with Gasteiger partial charge in [0.2, 0.25) is 5.91 Å². The van der Waals surface area contributed by atoms with Crippen molar-refractivity contribution < 1.29 is 4.79 Å². The molecule has 2 rings (SSSR count). The monoisotopic (exact) mass is 235 g/mol. The number of hydrogen-bond donors (Lipinski definition) is 1. The van der Waals surface area contributed by atoms with Crippen LogP contribution in [0.2, 0.25) is 0 Å². The molecule has 0 radical (unpaired) electrons. The van der Waals surface area contributed by atoms with Crippen LogP contribution in [0.3, 0.4) is 0 Å². The molecular formula is C13H17NOS. The SMILES string of the molecule is O=C(NCCc1cccs1)[C@@H]1CC=CCC1. The maximum absolute atomic E-state index is 11.8. The lowest BCUT2D eigenvalue weighted by atomic mass is 9.94. The Morgan fingerprint density at radius 1 is 1.50 bits per heavy atom. The van der Waals surface area contributed by atoms with Gasteiger partial charge in [-0.25, -0.2) is 0 Å². The maximum atomic E-state index is 11.8. The molecule has 1 aliphatic carbocycles. The molecule has 2 nitrogen and oxygen atoms in total. The van der Waals surface area contributed by atoms with Crippen molar-refractivity contribution in [2.24, 2.45) is 5.92 Å². The van der Waals surface area contributed by atoms with Crippen molar-refractivity contribution in [3.05, 3.63) is 34.5 Å². The number of amides is 1. The smallest absolute Gasteiger partial charge is 0.223 e. The van der Waals surface area contributed by atoms with Crippen LogP contribution in [0.1, 0.15) is 24.1 Å². The van der Waals surface area contributed by atoms with Crippen molar-refractivity contribution in [3.63, 3.8) is 0 Å². The first-order chi connectivity index (χ1) is 7.86. The van der Waals surface area contributed by atoms with Gasteiger partial charge in [-0.1, -0.05) is 18.2 Å². The molecule has 16 heavy (non-hydrogen) atoms. The molecule has 0 aromatic carbocycles. The first kappa shape index (κ1) is 11.4. The van der Waals surface area contributed by atoms with Gasteiger partial charge in [0.25, 0.3) is 0 Å². The molecule has 0 saturated carbocycles. The molecule has 0 spiro atoms. The van der Waals surface area contributed by atoms with Crippen LogP contribution in [0.5, 0.6) is 0 Å². The summed E-state index contributed by atoms with van der Waals surface area (Å²) in [7, 11) is 0. The molecule has 1 aliphatic rings. The standard InChI is InChI=1S/C13H17NOS/c15-13(11-5-2-1-3-6-11)14-9-8-12-7-4-10-16-12/h1-2,4,7,10-11H,3,5-6,8-9H2,(H,14,15)/t11-/m1/s1. The van der Waals surface area contributed by atoms with Gasteiger partial charge in [-0.05, 0) is 37.1 Å². The molecule has 1 aromatic rings. The first-order valence-electron chi connectivity index (χ1n) is 5.81. The average Bonchev–Trinajstić information content (AvgIpc) is 2.83. The topological polar surface area (TPSA) is 29.1 Å². The molecule has 1 aromatic heterocycles. The lowest BCUT2D eigenvalue weighted by molar-refractivity contribution is -0.125. The predicted molar refractivity (Wildman–Crippen MR) is 67.5 cm³/mol. The molecule has 0 aliphatic heterocycles. The van der Waals surface area contributed by atoms with E-state index in [1.807, 2.05) is 6.07 Å². The van der Waals surface area contributed by atoms with Gasteiger partial charge in [0.05, 0.1) is 0 Å². The number of allylic oxidation sites excluding steroid dienone is 2. The first-order valence-corrected chi connectivity index (χ1v) is 6.69. The highest BCUT2D eigenvalue weighted by molar-refractivity contribution is 7.09. The Kier molecular flexibility index (Phi) is 4.17. The lowest BCUT2D eigenvalue weighted by Gasteiger charge is -2.16. The number of carbonyl (C=O) groups excluding carboxylic acids is 1. The van der Waals surface area contributed by atoms with E-state index >= 15 is 0 Å². The van der Waals surface area contributed by atoms with Crippen LogP contribution < -0.4 is 5.32 Å². The fraction of sp³-hybridized carbons (Fsp3) is 0.462. The van der Waals surface area contributed by atoms with Gasteiger partial charge in [-0.3, -0.25) is 4.79 Å². The van der Waals surface area contributed by atoms with Crippen LogP contribution in [0.15, 0.2) is 29.7 Å². The van der Waals surface area contributed by atoms with Gasteiger partial charge in [-0.2, -0.15) is 0 Å². The maximum Gasteiger partial charge on any atom is 0.223 e. The Morgan fingerprint density at radius 2 is 2.44 bits per heavy atom. The van der Waals surface area contributed by atoms with Crippen LogP contribution in [-0.4, -0.2) is 12.5 Å². The minimum absolute atomic E-state index is 0.202. The van der Waals surface area contributed by atoms with Gasteiger partial charge in [0.1, 0.15) is 0 Å². The van der Waals surface area contributed by atoms with E-state index in [1.54, 1.807) is 11.3 Å². The molecule has 1 atom stereocenters. The van der Waals surface area contributed by atoms with Crippen LogP contribution in [-0.2, 0) is 11.2 Å². The fourth-order valence-electron chi connectivity index (χ4n) is 1.94. The zero-order chi connectivity index (χ0) is 11.2. The van der Waals surface area contributed by atoms with Crippen LogP contribution in [0, 0.1) is 5.92 Å².